The number of phenolic OH excluding ortho intramolecular Hbond substituents is 1. The van der Waals surface area contributed by atoms with Crippen LogP contribution in [-0.2, 0) is 20.8 Å². The zero-order valence-corrected chi connectivity index (χ0v) is 26.8. The summed E-state index contributed by atoms with van der Waals surface area (Å²) in [6.07, 6.45) is 12.0. The number of aromatic hydroxyl groups is 1. The molecule has 0 amide bonds. The van der Waals surface area contributed by atoms with E-state index < -0.39 is 12.0 Å². The number of benzene rings is 2. The second kappa shape index (κ2) is 15.2. The van der Waals surface area contributed by atoms with Crippen LogP contribution in [0.1, 0.15) is 109 Å². The van der Waals surface area contributed by atoms with Crippen molar-refractivity contribution in [3.63, 3.8) is 0 Å². The standard InChI is InChI=1S/C35H54N2O5/c1-8-9-10-11-12-13-26(37-42-34(2,3)4)22-35(5,23-31(36)33(39)41-7)19-18-28-29-21-27(40-6)17-16-25(29)20-30(32(28)38)24-14-15-24/h8,16-17,20-21,24,26,31,37-38H,1,9-15,18-19,22-23,36H2,2-7H3/t26-,31-,35?/m0/s1. The predicted molar refractivity (Wildman–Crippen MR) is 171 cm³/mol. The molecule has 1 aliphatic rings. The van der Waals surface area contributed by atoms with Gasteiger partial charge in [-0.1, -0.05) is 31.9 Å². The lowest BCUT2D eigenvalue weighted by molar-refractivity contribution is -0.143. The average Bonchev–Trinajstić information content (AvgIpc) is 3.79. The van der Waals surface area contributed by atoms with Crippen LogP contribution in [0.2, 0.25) is 0 Å². The Morgan fingerprint density at radius 3 is 2.50 bits per heavy atom. The number of hydrogen-bond donors (Lipinski definition) is 3. The summed E-state index contributed by atoms with van der Waals surface area (Å²) in [5, 5.41) is 13.6. The number of hydrogen-bond acceptors (Lipinski definition) is 7. The number of carbonyl (C=O) groups excluding carboxylic acids is 1. The average molecular weight is 583 g/mol. The number of unbranched alkanes of at least 4 members (excludes halogenated alkanes) is 3. The fourth-order valence-electron chi connectivity index (χ4n) is 5.94. The molecule has 0 heterocycles. The van der Waals surface area contributed by atoms with E-state index >= 15 is 0 Å². The quantitative estimate of drug-likeness (QED) is 0.0725. The van der Waals surface area contributed by atoms with Gasteiger partial charge in [-0.15, -0.1) is 6.58 Å². The first kappa shape index (κ1) is 33.9. The van der Waals surface area contributed by atoms with Crippen molar-refractivity contribution in [3.05, 3.63) is 48.0 Å². The first-order valence-corrected chi connectivity index (χ1v) is 15.6. The van der Waals surface area contributed by atoms with Crippen molar-refractivity contribution < 1.29 is 24.2 Å². The summed E-state index contributed by atoms with van der Waals surface area (Å²) in [7, 11) is 3.04. The van der Waals surface area contributed by atoms with Crippen LogP contribution in [0.3, 0.4) is 0 Å². The Balaban J connectivity index is 1.92. The summed E-state index contributed by atoms with van der Waals surface area (Å²) in [6, 6.07) is 7.54. The number of rotatable bonds is 18. The molecule has 0 spiro atoms. The highest BCUT2D eigenvalue weighted by Crippen LogP contribution is 2.48. The van der Waals surface area contributed by atoms with Gasteiger partial charge in [0, 0.05) is 11.6 Å². The van der Waals surface area contributed by atoms with Crippen LogP contribution in [0, 0.1) is 5.41 Å². The van der Waals surface area contributed by atoms with Gasteiger partial charge in [0.15, 0.2) is 0 Å². The highest BCUT2D eigenvalue weighted by atomic mass is 16.7. The van der Waals surface area contributed by atoms with E-state index in [1.807, 2.05) is 39.0 Å². The molecule has 234 valence electrons. The summed E-state index contributed by atoms with van der Waals surface area (Å²) in [5.74, 6) is 1.16. The summed E-state index contributed by atoms with van der Waals surface area (Å²) in [5.41, 5.74) is 11.1. The first-order chi connectivity index (χ1) is 19.9. The summed E-state index contributed by atoms with van der Waals surface area (Å²) in [4.78, 5) is 18.5. The smallest absolute Gasteiger partial charge is 0.322 e. The van der Waals surface area contributed by atoms with E-state index in [9.17, 15) is 9.90 Å². The second-order valence-corrected chi connectivity index (χ2v) is 13.5. The highest BCUT2D eigenvalue weighted by Gasteiger charge is 2.35. The molecule has 1 unspecified atom stereocenters. The van der Waals surface area contributed by atoms with Gasteiger partial charge in [0.05, 0.1) is 19.8 Å². The number of nitrogens with two attached hydrogens (primary N) is 1. The summed E-state index contributed by atoms with van der Waals surface area (Å²) >= 11 is 0. The van der Waals surface area contributed by atoms with Gasteiger partial charge in [-0.3, -0.25) is 9.63 Å². The van der Waals surface area contributed by atoms with E-state index in [1.54, 1.807) is 7.11 Å². The van der Waals surface area contributed by atoms with Crippen LogP contribution in [0.15, 0.2) is 36.9 Å². The number of esters is 1. The third-order valence-corrected chi connectivity index (χ3v) is 8.40. The molecule has 7 nitrogen and oxygen atoms in total. The van der Waals surface area contributed by atoms with Gasteiger partial charge in [-0.25, -0.2) is 0 Å². The Hall–Kier alpha value is -2.61. The molecule has 0 bridgehead atoms. The fourth-order valence-corrected chi connectivity index (χ4v) is 5.94. The topological polar surface area (TPSA) is 103 Å². The minimum Gasteiger partial charge on any atom is -0.507 e. The molecule has 3 atom stereocenters. The number of methoxy groups -OCH3 is 2. The lowest BCUT2D eigenvalue weighted by Gasteiger charge is -2.36. The SMILES string of the molecule is C=CCCCCC[C@@H](CC(C)(CCc1c(O)c(C2CC2)cc2ccc(OC)cc12)C[C@H](N)C(=O)OC)NOC(C)(C)C. The number of fused-ring (bicyclic) bond motifs is 1. The number of hydroxylamine groups is 1. The fraction of sp³-hybridized carbons (Fsp3) is 0.629. The van der Waals surface area contributed by atoms with E-state index in [-0.39, 0.29) is 17.1 Å². The molecule has 1 saturated carbocycles. The van der Waals surface area contributed by atoms with E-state index in [0.717, 1.165) is 85.4 Å². The molecule has 0 saturated heterocycles. The number of phenols is 1. The van der Waals surface area contributed by atoms with Crippen molar-refractivity contribution in [1.82, 2.24) is 5.48 Å². The number of ether oxygens (including phenoxy) is 2. The molecule has 7 heteroatoms. The van der Waals surface area contributed by atoms with E-state index in [2.05, 4.69) is 31.1 Å². The largest absolute Gasteiger partial charge is 0.507 e. The van der Waals surface area contributed by atoms with Crippen LogP contribution in [-0.4, -0.2) is 43.0 Å². The Kier molecular flexibility index (Phi) is 12.3. The monoisotopic (exact) mass is 582 g/mol. The van der Waals surface area contributed by atoms with Crippen molar-refractivity contribution >= 4 is 16.7 Å². The molecular weight excluding hydrogens is 528 g/mol. The molecule has 3 rings (SSSR count). The molecule has 0 aliphatic heterocycles. The first-order valence-electron chi connectivity index (χ1n) is 15.6. The highest BCUT2D eigenvalue weighted by molar-refractivity contribution is 5.90. The summed E-state index contributed by atoms with van der Waals surface area (Å²) in [6.45, 7) is 12.1. The van der Waals surface area contributed by atoms with Gasteiger partial charge in [0.1, 0.15) is 17.5 Å². The Bertz CT molecular complexity index is 1190. The third-order valence-electron chi connectivity index (χ3n) is 8.40. The van der Waals surface area contributed by atoms with Gasteiger partial charge in [0.25, 0.3) is 0 Å². The lowest BCUT2D eigenvalue weighted by atomic mass is 9.73. The normalized spacial score (nSPS) is 16.5. The van der Waals surface area contributed by atoms with Crippen molar-refractivity contribution in [2.75, 3.05) is 14.2 Å². The maximum atomic E-state index is 12.5. The Morgan fingerprint density at radius 1 is 1.14 bits per heavy atom. The molecule has 2 aromatic rings. The molecule has 2 aromatic carbocycles. The number of nitrogens with one attached hydrogen (secondary N) is 1. The van der Waals surface area contributed by atoms with Crippen LogP contribution in [0.25, 0.3) is 10.8 Å². The lowest BCUT2D eigenvalue weighted by Crippen LogP contribution is -2.43. The Labute approximate surface area is 253 Å². The van der Waals surface area contributed by atoms with Crippen LogP contribution in [0.5, 0.6) is 11.5 Å². The molecule has 0 radical (unpaired) electrons. The molecule has 1 fully saturated rings. The van der Waals surface area contributed by atoms with Crippen LogP contribution in [0.4, 0.5) is 0 Å². The van der Waals surface area contributed by atoms with E-state index in [1.165, 1.54) is 7.11 Å². The zero-order valence-electron chi connectivity index (χ0n) is 26.8. The van der Waals surface area contributed by atoms with Crippen LogP contribution < -0.4 is 16.0 Å². The maximum absolute atomic E-state index is 12.5. The number of aryl methyl sites for hydroxylation is 1. The molecule has 0 aromatic heterocycles. The van der Waals surface area contributed by atoms with Gasteiger partial charge in [-0.2, -0.15) is 5.48 Å². The maximum Gasteiger partial charge on any atom is 0.322 e. The molecule has 4 N–H and O–H groups in total. The van der Waals surface area contributed by atoms with Gasteiger partial charge >= 0.3 is 5.97 Å². The van der Waals surface area contributed by atoms with Gasteiger partial charge in [-0.05, 0) is 124 Å². The van der Waals surface area contributed by atoms with Gasteiger partial charge in [0.2, 0.25) is 0 Å². The van der Waals surface area contributed by atoms with Crippen molar-refractivity contribution in [1.29, 1.82) is 0 Å². The minimum absolute atomic E-state index is 0.0750. The zero-order chi connectivity index (χ0) is 30.9. The van der Waals surface area contributed by atoms with E-state index in [4.69, 9.17) is 20.0 Å². The molecule has 1 aliphatic carbocycles. The molecule has 42 heavy (non-hydrogen) atoms. The van der Waals surface area contributed by atoms with E-state index in [0.29, 0.717) is 24.5 Å². The van der Waals surface area contributed by atoms with Crippen molar-refractivity contribution in [2.45, 2.75) is 122 Å². The van der Waals surface area contributed by atoms with Gasteiger partial charge < -0.3 is 20.3 Å². The summed E-state index contributed by atoms with van der Waals surface area (Å²) < 4.78 is 10.5. The second-order valence-electron chi connectivity index (χ2n) is 13.5. The van der Waals surface area contributed by atoms with Crippen molar-refractivity contribution in [3.8, 4) is 11.5 Å². The van der Waals surface area contributed by atoms with Crippen molar-refractivity contribution in [2.24, 2.45) is 11.1 Å². The predicted octanol–water partition coefficient (Wildman–Crippen LogP) is 7.48. The number of allylic oxidation sites excluding steroid dienone is 1. The van der Waals surface area contributed by atoms with Crippen LogP contribution >= 0.6 is 0 Å². The number of carbonyl (C=O) groups is 1. The molecular formula is C35H54N2O5. The Morgan fingerprint density at radius 2 is 1.88 bits per heavy atom. The third kappa shape index (κ3) is 9.99. The minimum atomic E-state index is -0.736.